The predicted molar refractivity (Wildman–Crippen MR) is 123 cm³/mol. The first kappa shape index (κ1) is 21.3. The fourth-order valence-electron chi connectivity index (χ4n) is 3.11. The second-order valence-electron chi connectivity index (χ2n) is 6.92. The quantitative estimate of drug-likeness (QED) is 0.256. The van der Waals surface area contributed by atoms with Gasteiger partial charge in [-0.2, -0.15) is 4.57 Å². The zero-order valence-electron chi connectivity index (χ0n) is 16.3. The van der Waals surface area contributed by atoms with E-state index in [-0.39, 0.29) is 5.76 Å². The molecule has 2 aromatic carbocycles. The summed E-state index contributed by atoms with van der Waals surface area (Å²) in [6.07, 6.45) is 3.63. The number of halogens is 2. The highest BCUT2D eigenvalue weighted by Crippen LogP contribution is 2.27. The number of hydrogen-bond acceptors (Lipinski definition) is 2. The maximum atomic E-state index is 13.5. The number of aryl methyl sites for hydroxylation is 3. The molecule has 6 heteroatoms. The molecule has 0 radical (unpaired) electrons. The Balaban J connectivity index is 2.15. The number of nitrogens with zero attached hydrogens (tertiary/aromatic N) is 1. The van der Waals surface area contributed by atoms with Gasteiger partial charge >= 0.3 is 0 Å². The lowest BCUT2D eigenvalue weighted by Gasteiger charge is -2.18. The Hall–Kier alpha value is -2.40. The Morgan fingerprint density at radius 1 is 0.966 bits per heavy atom. The van der Waals surface area contributed by atoms with Crippen LogP contribution in [-0.4, -0.2) is 4.99 Å². The van der Waals surface area contributed by atoms with Crippen LogP contribution in [0.4, 0.5) is 5.69 Å². The molecule has 148 valence electrons. The molecule has 0 saturated heterocycles. The van der Waals surface area contributed by atoms with E-state index in [2.05, 4.69) is 11.4 Å². The largest absolute Gasteiger partial charge is 0.867 e. The number of anilines is 1. The lowest BCUT2D eigenvalue weighted by molar-refractivity contribution is -0.578. The molecule has 0 spiro atoms. The number of aromatic nitrogens is 1. The average Bonchev–Trinajstić information content (AvgIpc) is 2.63. The van der Waals surface area contributed by atoms with Crippen molar-refractivity contribution < 1.29 is 9.67 Å². The summed E-state index contributed by atoms with van der Waals surface area (Å²) in [6, 6.07) is 14.7. The molecule has 3 rings (SSSR count). The van der Waals surface area contributed by atoms with E-state index >= 15 is 0 Å². The molecular weight excluding hydrogens is 423 g/mol. The van der Waals surface area contributed by atoms with Gasteiger partial charge in [-0.05, 0) is 79.6 Å². The van der Waals surface area contributed by atoms with Gasteiger partial charge in [0.2, 0.25) is 5.70 Å². The molecule has 0 aliphatic carbocycles. The number of thiocarbonyl (C=S) groups is 1. The van der Waals surface area contributed by atoms with Gasteiger partial charge in [0.15, 0.2) is 17.4 Å². The zero-order valence-corrected chi connectivity index (χ0v) is 18.6. The number of nitrogens with one attached hydrogen (secondary N) is 1. The molecule has 0 saturated carbocycles. The van der Waals surface area contributed by atoms with Crippen molar-refractivity contribution in [1.82, 2.24) is 0 Å². The van der Waals surface area contributed by atoms with Crippen LogP contribution in [0.15, 0.2) is 60.9 Å². The Bertz CT molecular complexity index is 1110. The molecule has 29 heavy (non-hydrogen) atoms. The van der Waals surface area contributed by atoms with E-state index in [9.17, 15) is 5.11 Å². The van der Waals surface area contributed by atoms with Crippen molar-refractivity contribution >= 4 is 57.6 Å². The summed E-state index contributed by atoms with van der Waals surface area (Å²) in [5, 5.41) is 17.4. The van der Waals surface area contributed by atoms with E-state index in [4.69, 9.17) is 35.4 Å². The van der Waals surface area contributed by atoms with Crippen LogP contribution < -0.4 is 15.0 Å². The minimum atomic E-state index is -0.310. The Labute approximate surface area is 186 Å². The first-order chi connectivity index (χ1) is 13.7. The fourth-order valence-corrected chi connectivity index (χ4v) is 3.80. The molecule has 0 unspecified atom stereocenters. The van der Waals surface area contributed by atoms with Gasteiger partial charge in [0, 0.05) is 27.4 Å². The molecule has 0 bridgehead atoms. The van der Waals surface area contributed by atoms with Crippen LogP contribution in [-0.2, 0) is 0 Å². The highest BCUT2D eigenvalue weighted by molar-refractivity contribution is 7.81. The summed E-state index contributed by atoms with van der Waals surface area (Å²) in [7, 11) is 0. The molecule has 0 atom stereocenters. The summed E-state index contributed by atoms with van der Waals surface area (Å²) >= 11 is 18.1. The molecule has 1 heterocycles. The van der Waals surface area contributed by atoms with Gasteiger partial charge in [0.25, 0.3) is 0 Å². The van der Waals surface area contributed by atoms with Crippen LogP contribution in [0.1, 0.15) is 22.3 Å². The predicted octanol–water partition coefficient (Wildman–Crippen LogP) is 5.33. The number of rotatable bonds is 4. The lowest BCUT2D eigenvalue weighted by atomic mass is 10.1. The summed E-state index contributed by atoms with van der Waals surface area (Å²) in [5.74, 6) is -0.310. The van der Waals surface area contributed by atoms with Crippen LogP contribution in [0.5, 0.6) is 0 Å². The molecule has 0 aliphatic rings. The fraction of sp³-hybridized carbons (Fsp3) is 0.130. The molecule has 3 nitrogen and oxygen atoms in total. The minimum absolute atomic E-state index is 0.298. The standard InChI is InChI=1S/C23H20Cl2N2OS/c1-14-5-4-8-27(13-14)21(22(28)19-12-17(24)6-7-20(19)25)23(29)26-18-10-15(2)9-16(3)11-18/h4-13H,1-3H3,(H-,26,28,29). The average molecular weight is 443 g/mol. The van der Waals surface area contributed by atoms with Gasteiger partial charge in [-0.3, -0.25) is 0 Å². The van der Waals surface area contributed by atoms with E-state index in [1.807, 2.05) is 51.2 Å². The van der Waals surface area contributed by atoms with E-state index in [0.29, 0.717) is 26.3 Å². The van der Waals surface area contributed by atoms with Gasteiger partial charge in [0.1, 0.15) is 0 Å². The zero-order chi connectivity index (χ0) is 21.1. The van der Waals surface area contributed by atoms with Crippen LogP contribution >= 0.6 is 35.4 Å². The SMILES string of the molecule is Cc1cc(C)cc(NC(=S)C(=C([O-])c2cc(Cl)ccc2Cl)[n+]2cccc(C)c2)c1. The highest BCUT2D eigenvalue weighted by atomic mass is 35.5. The maximum absolute atomic E-state index is 13.5. The summed E-state index contributed by atoms with van der Waals surface area (Å²) in [4.78, 5) is 0.298. The Morgan fingerprint density at radius 2 is 1.66 bits per heavy atom. The highest BCUT2D eigenvalue weighted by Gasteiger charge is 2.20. The third-order valence-electron chi connectivity index (χ3n) is 4.29. The van der Waals surface area contributed by atoms with Gasteiger partial charge in [-0.25, -0.2) is 0 Å². The Kier molecular flexibility index (Phi) is 6.58. The van der Waals surface area contributed by atoms with Crippen LogP contribution in [0, 0.1) is 20.8 Å². The van der Waals surface area contributed by atoms with Crippen molar-refractivity contribution in [3.63, 3.8) is 0 Å². The number of hydrogen-bond donors (Lipinski definition) is 1. The molecule has 0 aliphatic heterocycles. The topological polar surface area (TPSA) is 39.0 Å². The van der Waals surface area contributed by atoms with E-state index < -0.39 is 0 Å². The molecule has 1 aromatic heterocycles. The number of benzene rings is 2. The van der Waals surface area contributed by atoms with Crippen molar-refractivity contribution in [2.75, 3.05) is 5.32 Å². The Morgan fingerprint density at radius 3 is 2.31 bits per heavy atom. The third kappa shape index (κ3) is 5.15. The van der Waals surface area contributed by atoms with Gasteiger partial charge < -0.3 is 10.4 Å². The van der Waals surface area contributed by atoms with E-state index in [0.717, 1.165) is 22.4 Å². The monoisotopic (exact) mass is 442 g/mol. The summed E-state index contributed by atoms with van der Waals surface area (Å²) < 4.78 is 1.72. The van der Waals surface area contributed by atoms with Crippen molar-refractivity contribution in [2.45, 2.75) is 20.8 Å². The molecule has 3 aromatic rings. The lowest BCUT2D eigenvalue weighted by Crippen LogP contribution is -2.40. The smallest absolute Gasteiger partial charge is 0.238 e. The number of pyridine rings is 1. The van der Waals surface area contributed by atoms with Gasteiger partial charge in [-0.1, -0.05) is 41.5 Å². The van der Waals surface area contributed by atoms with Crippen LogP contribution in [0.2, 0.25) is 10.0 Å². The molecular formula is C23H20Cl2N2OS. The molecule has 1 N–H and O–H groups in total. The second kappa shape index (κ2) is 8.95. The van der Waals surface area contributed by atoms with Crippen molar-refractivity contribution in [3.05, 3.63) is 93.2 Å². The summed E-state index contributed by atoms with van der Waals surface area (Å²) in [6.45, 7) is 5.97. The maximum Gasteiger partial charge on any atom is 0.238 e. The van der Waals surface area contributed by atoms with Crippen LogP contribution in [0.25, 0.3) is 11.5 Å². The third-order valence-corrected chi connectivity index (χ3v) is 5.15. The first-order valence-corrected chi connectivity index (χ1v) is 10.2. The first-order valence-electron chi connectivity index (χ1n) is 8.99. The second-order valence-corrected chi connectivity index (χ2v) is 8.17. The van der Waals surface area contributed by atoms with Crippen molar-refractivity contribution in [3.8, 4) is 0 Å². The molecule has 0 fully saturated rings. The van der Waals surface area contributed by atoms with Crippen molar-refractivity contribution in [2.24, 2.45) is 0 Å². The van der Waals surface area contributed by atoms with Gasteiger partial charge in [-0.15, -0.1) is 0 Å². The van der Waals surface area contributed by atoms with Crippen LogP contribution in [0.3, 0.4) is 0 Å². The van der Waals surface area contributed by atoms with Crippen molar-refractivity contribution in [1.29, 1.82) is 0 Å². The van der Waals surface area contributed by atoms with Gasteiger partial charge in [0.05, 0.1) is 0 Å². The normalized spacial score (nSPS) is 11.8. The van der Waals surface area contributed by atoms with E-state index in [1.54, 1.807) is 29.0 Å². The molecule has 0 amide bonds. The summed E-state index contributed by atoms with van der Waals surface area (Å²) in [5.41, 5.74) is 4.61. The minimum Gasteiger partial charge on any atom is -0.867 e. The van der Waals surface area contributed by atoms with E-state index in [1.165, 1.54) is 0 Å².